The van der Waals surface area contributed by atoms with Gasteiger partial charge in [0.25, 0.3) is 0 Å². The van der Waals surface area contributed by atoms with E-state index in [0.717, 1.165) is 23.0 Å². The van der Waals surface area contributed by atoms with Gasteiger partial charge in [-0.3, -0.25) is 4.90 Å². The molecule has 3 aromatic rings. The fourth-order valence-corrected chi connectivity index (χ4v) is 2.68. The van der Waals surface area contributed by atoms with E-state index in [1.54, 1.807) is 13.4 Å². The highest BCUT2D eigenvalue weighted by Crippen LogP contribution is 2.20. The summed E-state index contributed by atoms with van der Waals surface area (Å²) in [6.45, 7) is 2.69. The van der Waals surface area contributed by atoms with Crippen molar-refractivity contribution in [3.05, 3.63) is 59.1 Å². The summed E-state index contributed by atoms with van der Waals surface area (Å²) in [4.78, 5) is 6.80. The van der Waals surface area contributed by atoms with E-state index < -0.39 is 0 Å². The Morgan fingerprint density at radius 1 is 1.24 bits per heavy atom. The molecule has 0 spiro atoms. The molecule has 0 aliphatic rings. The number of aromatic nitrogens is 3. The monoisotopic (exact) mass is 360 g/mol. The third-order valence-electron chi connectivity index (χ3n) is 3.86. The molecule has 3 rings (SSSR count). The topological polar surface area (TPSA) is 56.3 Å². The summed E-state index contributed by atoms with van der Waals surface area (Å²) < 4.78 is 12.5. The van der Waals surface area contributed by atoms with Crippen LogP contribution in [0, 0.1) is 0 Å². The van der Waals surface area contributed by atoms with Crippen molar-refractivity contribution in [2.45, 2.75) is 13.1 Å². The predicted octanol–water partition coefficient (Wildman–Crippen LogP) is 3.32. The van der Waals surface area contributed by atoms with E-state index in [-0.39, 0.29) is 0 Å². The number of nitrogens with zero attached hydrogens (tertiary/aromatic N) is 4. The second-order valence-electron chi connectivity index (χ2n) is 5.81. The fraction of sp³-hybridized carbons (Fsp3) is 0.333. The van der Waals surface area contributed by atoms with E-state index in [1.165, 1.54) is 0 Å². The summed E-state index contributed by atoms with van der Waals surface area (Å²) in [6.07, 6.45) is 1.62. The fourth-order valence-electron chi connectivity index (χ4n) is 2.48. The molecule has 0 bridgehead atoms. The summed E-state index contributed by atoms with van der Waals surface area (Å²) in [5, 5.41) is 5.34. The van der Waals surface area contributed by atoms with Crippen molar-refractivity contribution < 1.29 is 9.15 Å². The van der Waals surface area contributed by atoms with Crippen molar-refractivity contribution in [3.63, 3.8) is 0 Å². The maximum absolute atomic E-state index is 6.30. The quantitative estimate of drug-likeness (QED) is 0.616. The van der Waals surface area contributed by atoms with Crippen molar-refractivity contribution in [2.24, 2.45) is 0 Å². The van der Waals surface area contributed by atoms with E-state index >= 15 is 0 Å². The highest BCUT2D eigenvalue weighted by Gasteiger charge is 2.16. The van der Waals surface area contributed by atoms with Gasteiger partial charge in [0.15, 0.2) is 5.76 Å². The lowest BCUT2D eigenvalue weighted by molar-refractivity contribution is 0.156. The number of likely N-dealkylation sites (N-methyl/N-ethyl adjacent to an activating group) is 1. The first-order chi connectivity index (χ1) is 12.2. The van der Waals surface area contributed by atoms with Crippen LogP contribution in [0.5, 0.6) is 0 Å². The Morgan fingerprint density at radius 2 is 2.08 bits per heavy atom. The highest BCUT2D eigenvalue weighted by molar-refractivity contribution is 6.31. The molecule has 0 unspecified atom stereocenters. The summed E-state index contributed by atoms with van der Waals surface area (Å²) in [7, 11) is 3.73. The van der Waals surface area contributed by atoms with Gasteiger partial charge in [0, 0.05) is 18.7 Å². The van der Waals surface area contributed by atoms with Crippen LogP contribution in [0.1, 0.15) is 11.4 Å². The van der Waals surface area contributed by atoms with Gasteiger partial charge < -0.3 is 9.15 Å². The number of methoxy groups -OCH3 is 1. The zero-order valence-electron chi connectivity index (χ0n) is 14.4. The summed E-state index contributed by atoms with van der Waals surface area (Å²) in [5.74, 6) is 2.08. The SMILES string of the molecule is COCCN(C)Cc1nc(-c2ccco2)nn1Cc1ccccc1Cl. The lowest BCUT2D eigenvalue weighted by atomic mass is 10.2. The number of ether oxygens (including phenoxy) is 1. The maximum Gasteiger partial charge on any atom is 0.217 e. The van der Waals surface area contributed by atoms with Gasteiger partial charge in [-0.05, 0) is 30.8 Å². The molecular formula is C18H21ClN4O2. The van der Waals surface area contributed by atoms with Crippen molar-refractivity contribution in [3.8, 4) is 11.6 Å². The van der Waals surface area contributed by atoms with Gasteiger partial charge in [-0.1, -0.05) is 29.8 Å². The Bertz CT molecular complexity index is 801. The Kier molecular flexibility index (Phi) is 5.86. The minimum absolute atomic E-state index is 0.556. The first-order valence-electron chi connectivity index (χ1n) is 8.06. The number of benzene rings is 1. The standard InChI is InChI=1S/C18H21ClN4O2/c1-22(9-11-24-2)13-17-20-18(16-8-5-10-25-16)21-23(17)12-14-6-3-4-7-15(14)19/h3-8,10H,9,11-13H2,1-2H3. The van der Waals surface area contributed by atoms with E-state index in [4.69, 9.17) is 20.8 Å². The minimum atomic E-state index is 0.556. The Morgan fingerprint density at radius 3 is 2.80 bits per heavy atom. The molecule has 0 radical (unpaired) electrons. The average Bonchev–Trinajstić information content (AvgIpc) is 3.25. The minimum Gasteiger partial charge on any atom is -0.461 e. The predicted molar refractivity (Wildman–Crippen MR) is 96.5 cm³/mol. The molecule has 2 aromatic heterocycles. The third kappa shape index (κ3) is 4.48. The number of hydrogen-bond donors (Lipinski definition) is 0. The van der Waals surface area contributed by atoms with E-state index in [9.17, 15) is 0 Å². The van der Waals surface area contributed by atoms with Crippen molar-refractivity contribution in [2.75, 3.05) is 27.3 Å². The molecule has 7 heteroatoms. The summed E-state index contributed by atoms with van der Waals surface area (Å²) >= 11 is 6.30. The van der Waals surface area contributed by atoms with Crippen LogP contribution in [-0.4, -0.2) is 47.0 Å². The largest absolute Gasteiger partial charge is 0.461 e. The molecule has 0 fully saturated rings. The summed E-state index contributed by atoms with van der Waals surface area (Å²) in [6, 6.07) is 11.4. The van der Waals surface area contributed by atoms with E-state index in [2.05, 4.69) is 15.0 Å². The van der Waals surface area contributed by atoms with Gasteiger partial charge >= 0.3 is 0 Å². The number of furan rings is 1. The molecule has 0 amide bonds. The Labute approximate surface area is 152 Å². The second kappa shape index (κ2) is 8.29. The van der Waals surface area contributed by atoms with Crippen LogP contribution in [0.2, 0.25) is 5.02 Å². The Balaban J connectivity index is 1.87. The smallest absolute Gasteiger partial charge is 0.217 e. The molecule has 0 saturated heterocycles. The van der Waals surface area contributed by atoms with Crippen LogP contribution in [0.25, 0.3) is 11.6 Å². The first kappa shape index (κ1) is 17.7. The number of halogens is 1. The normalized spacial score (nSPS) is 11.4. The van der Waals surface area contributed by atoms with Gasteiger partial charge in [-0.25, -0.2) is 9.67 Å². The third-order valence-corrected chi connectivity index (χ3v) is 4.23. The molecule has 0 aliphatic heterocycles. The lowest BCUT2D eigenvalue weighted by Crippen LogP contribution is -2.24. The van der Waals surface area contributed by atoms with Crippen LogP contribution < -0.4 is 0 Å². The van der Waals surface area contributed by atoms with Gasteiger partial charge in [0.1, 0.15) is 5.82 Å². The molecule has 1 aromatic carbocycles. The summed E-state index contributed by atoms with van der Waals surface area (Å²) in [5.41, 5.74) is 1.00. The van der Waals surface area contributed by atoms with E-state index in [1.807, 2.05) is 48.1 Å². The lowest BCUT2D eigenvalue weighted by Gasteiger charge is -2.16. The average molecular weight is 361 g/mol. The second-order valence-corrected chi connectivity index (χ2v) is 6.22. The zero-order valence-corrected chi connectivity index (χ0v) is 15.1. The molecule has 2 heterocycles. The van der Waals surface area contributed by atoms with Gasteiger partial charge in [0.2, 0.25) is 5.82 Å². The number of rotatable bonds is 8. The van der Waals surface area contributed by atoms with Gasteiger partial charge in [-0.2, -0.15) is 0 Å². The molecule has 0 atom stereocenters. The van der Waals surface area contributed by atoms with Crippen LogP contribution in [0.3, 0.4) is 0 Å². The molecular weight excluding hydrogens is 340 g/mol. The molecule has 0 saturated carbocycles. The van der Waals surface area contributed by atoms with Crippen LogP contribution in [0.4, 0.5) is 0 Å². The van der Waals surface area contributed by atoms with Crippen molar-refractivity contribution in [1.29, 1.82) is 0 Å². The van der Waals surface area contributed by atoms with Crippen LogP contribution in [-0.2, 0) is 17.8 Å². The highest BCUT2D eigenvalue weighted by atomic mass is 35.5. The Hall–Kier alpha value is -2.15. The van der Waals surface area contributed by atoms with Crippen molar-refractivity contribution >= 4 is 11.6 Å². The van der Waals surface area contributed by atoms with Crippen LogP contribution >= 0.6 is 11.6 Å². The molecule has 6 nitrogen and oxygen atoms in total. The molecule has 25 heavy (non-hydrogen) atoms. The maximum atomic E-state index is 6.30. The molecule has 132 valence electrons. The molecule has 0 N–H and O–H groups in total. The number of hydrogen-bond acceptors (Lipinski definition) is 5. The van der Waals surface area contributed by atoms with E-state index in [0.29, 0.717) is 31.3 Å². The van der Waals surface area contributed by atoms with Gasteiger partial charge in [-0.15, -0.1) is 5.10 Å². The molecule has 0 aliphatic carbocycles. The first-order valence-corrected chi connectivity index (χ1v) is 8.43. The van der Waals surface area contributed by atoms with Crippen LogP contribution in [0.15, 0.2) is 47.1 Å². The van der Waals surface area contributed by atoms with Crippen molar-refractivity contribution in [1.82, 2.24) is 19.7 Å². The van der Waals surface area contributed by atoms with Gasteiger partial charge in [0.05, 0.1) is 26.0 Å². The zero-order chi connectivity index (χ0) is 17.6.